The van der Waals surface area contributed by atoms with Gasteiger partial charge < -0.3 is 15.4 Å². The number of halogens is 2. The van der Waals surface area contributed by atoms with Crippen LogP contribution in [0.1, 0.15) is 23.7 Å². The number of hydrogen-bond acceptors (Lipinski definition) is 3. The lowest BCUT2D eigenvalue weighted by atomic mass is 10.0. The van der Waals surface area contributed by atoms with Crippen LogP contribution in [0.2, 0.25) is 10.0 Å². The molecule has 0 radical (unpaired) electrons. The summed E-state index contributed by atoms with van der Waals surface area (Å²) in [6.07, 6.45) is 0.435. The fourth-order valence-electron chi connectivity index (χ4n) is 2.28. The van der Waals surface area contributed by atoms with E-state index in [0.717, 1.165) is 0 Å². The molecular formula is C15H17Cl2N2O3+. The molecule has 0 aromatic heterocycles. The Morgan fingerprint density at radius 1 is 1.32 bits per heavy atom. The third-order valence-electron chi connectivity index (χ3n) is 3.42. The topological polar surface area (TPSA) is 74.2 Å². The molecular weight excluding hydrogens is 327 g/mol. The van der Waals surface area contributed by atoms with Crippen LogP contribution in [0.25, 0.3) is 0 Å². The fraction of sp³-hybridized carbons (Fsp3) is 0.333. The summed E-state index contributed by atoms with van der Waals surface area (Å²) in [5.41, 5.74) is 5.50. The van der Waals surface area contributed by atoms with Gasteiger partial charge in [-0.2, -0.15) is 0 Å². The minimum Gasteiger partial charge on any atom is -0.462 e. The number of quaternary nitrogens is 1. The van der Waals surface area contributed by atoms with E-state index in [2.05, 4.69) is 5.73 Å². The summed E-state index contributed by atoms with van der Waals surface area (Å²) < 4.78 is 4.99. The van der Waals surface area contributed by atoms with Crippen molar-refractivity contribution in [3.63, 3.8) is 0 Å². The normalized spacial score (nSPS) is 15.0. The molecule has 0 aliphatic carbocycles. The van der Waals surface area contributed by atoms with Gasteiger partial charge in [-0.1, -0.05) is 23.2 Å². The second-order valence-corrected chi connectivity index (χ2v) is 5.72. The van der Waals surface area contributed by atoms with Crippen molar-refractivity contribution in [3.8, 4) is 0 Å². The molecule has 1 aromatic carbocycles. The third kappa shape index (κ3) is 3.61. The maximum absolute atomic E-state index is 12.5. The van der Waals surface area contributed by atoms with Crippen LogP contribution >= 0.6 is 23.2 Å². The number of benzene rings is 1. The molecule has 0 bridgehead atoms. The summed E-state index contributed by atoms with van der Waals surface area (Å²) in [4.78, 5) is 25.9. The first kappa shape index (κ1) is 16.8. The maximum Gasteiger partial charge on any atom is 0.339 e. The van der Waals surface area contributed by atoms with Gasteiger partial charge >= 0.3 is 5.97 Å². The SMILES string of the molecule is CCOC(=O)C1=C([NH3+])CN(C(=O)c2ccc(Cl)c(Cl)c2)CC1. The molecule has 118 valence electrons. The Balaban J connectivity index is 2.14. The molecule has 7 heteroatoms. The van der Waals surface area contributed by atoms with E-state index in [1.54, 1.807) is 30.0 Å². The highest BCUT2D eigenvalue weighted by molar-refractivity contribution is 6.42. The van der Waals surface area contributed by atoms with Crippen LogP contribution in [0.15, 0.2) is 29.5 Å². The molecule has 0 unspecified atom stereocenters. The van der Waals surface area contributed by atoms with Gasteiger partial charge in [-0.05, 0) is 25.1 Å². The number of amides is 1. The Hall–Kier alpha value is -1.56. The second-order valence-electron chi connectivity index (χ2n) is 4.91. The lowest BCUT2D eigenvalue weighted by Gasteiger charge is -2.26. The molecule has 0 saturated heterocycles. The maximum atomic E-state index is 12.5. The van der Waals surface area contributed by atoms with E-state index in [1.165, 1.54) is 0 Å². The lowest BCUT2D eigenvalue weighted by molar-refractivity contribution is -0.310. The van der Waals surface area contributed by atoms with Crippen LogP contribution in [0, 0.1) is 0 Å². The molecule has 2 rings (SSSR count). The number of carbonyl (C=O) groups excluding carboxylic acids is 2. The molecule has 0 fully saturated rings. The molecule has 1 aliphatic heterocycles. The van der Waals surface area contributed by atoms with Crippen molar-refractivity contribution < 1.29 is 20.1 Å². The van der Waals surface area contributed by atoms with Gasteiger partial charge in [0.25, 0.3) is 5.91 Å². The summed E-state index contributed by atoms with van der Waals surface area (Å²) in [7, 11) is 0. The summed E-state index contributed by atoms with van der Waals surface area (Å²) in [6, 6.07) is 4.76. The van der Waals surface area contributed by atoms with Crippen molar-refractivity contribution >= 4 is 35.1 Å². The van der Waals surface area contributed by atoms with Crippen LogP contribution in [-0.4, -0.2) is 36.5 Å². The number of esters is 1. The minimum atomic E-state index is -0.353. The van der Waals surface area contributed by atoms with Gasteiger partial charge in [0.05, 0.1) is 28.8 Å². The Bertz CT molecular complexity index is 644. The number of rotatable bonds is 3. The van der Waals surface area contributed by atoms with Gasteiger partial charge in [0, 0.05) is 18.5 Å². The minimum absolute atomic E-state index is 0.164. The van der Waals surface area contributed by atoms with E-state index in [-0.39, 0.29) is 11.9 Å². The predicted molar refractivity (Wildman–Crippen MR) is 83.5 cm³/mol. The highest BCUT2D eigenvalue weighted by atomic mass is 35.5. The van der Waals surface area contributed by atoms with Crippen LogP contribution in [-0.2, 0) is 9.53 Å². The molecule has 1 heterocycles. The Morgan fingerprint density at radius 3 is 2.64 bits per heavy atom. The van der Waals surface area contributed by atoms with E-state index in [9.17, 15) is 9.59 Å². The summed E-state index contributed by atoms with van der Waals surface area (Å²) in [6.45, 7) is 2.81. The van der Waals surface area contributed by atoms with Crippen molar-refractivity contribution in [1.29, 1.82) is 0 Å². The van der Waals surface area contributed by atoms with Crippen LogP contribution in [0.5, 0.6) is 0 Å². The first-order valence-electron chi connectivity index (χ1n) is 6.89. The average Bonchev–Trinajstić information content (AvgIpc) is 2.49. The van der Waals surface area contributed by atoms with Gasteiger partial charge in [-0.3, -0.25) is 4.79 Å². The Morgan fingerprint density at radius 2 is 2.05 bits per heavy atom. The fourth-order valence-corrected chi connectivity index (χ4v) is 2.58. The van der Waals surface area contributed by atoms with E-state index in [0.29, 0.717) is 53.0 Å². The molecule has 0 spiro atoms. The molecule has 0 saturated carbocycles. The number of ether oxygens (including phenoxy) is 1. The van der Waals surface area contributed by atoms with Crippen molar-refractivity contribution in [1.82, 2.24) is 4.90 Å². The summed E-state index contributed by atoms with van der Waals surface area (Å²) in [5, 5.41) is 0.737. The third-order valence-corrected chi connectivity index (χ3v) is 4.15. The lowest BCUT2D eigenvalue weighted by Crippen LogP contribution is -2.56. The zero-order valence-electron chi connectivity index (χ0n) is 12.2. The van der Waals surface area contributed by atoms with E-state index in [1.807, 2.05) is 0 Å². The standard InChI is InChI=1S/C15H16Cl2N2O3/c1-2-22-15(21)10-5-6-19(8-13(10)18)14(20)9-3-4-11(16)12(17)7-9/h3-4,7H,2,5-6,8,18H2,1H3/p+1. The van der Waals surface area contributed by atoms with Gasteiger partial charge in [-0.15, -0.1) is 0 Å². The van der Waals surface area contributed by atoms with Gasteiger partial charge in [0.2, 0.25) is 0 Å². The first-order chi connectivity index (χ1) is 10.4. The van der Waals surface area contributed by atoms with Crippen molar-refractivity contribution in [2.24, 2.45) is 0 Å². The van der Waals surface area contributed by atoms with Crippen molar-refractivity contribution in [3.05, 3.63) is 45.1 Å². The van der Waals surface area contributed by atoms with Crippen LogP contribution < -0.4 is 5.73 Å². The summed E-state index contributed by atoms with van der Waals surface area (Å²) in [5.74, 6) is -0.517. The second kappa shape index (κ2) is 7.13. The van der Waals surface area contributed by atoms with Crippen molar-refractivity contribution in [2.75, 3.05) is 19.7 Å². The monoisotopic (exact) mass is 343 g/mol. The quantitative estimate of drug-likeness (QED) is 0.851. The number of nitrogens with zero attached hydrogens (tertiary/aromatic N) is 1. The van der Waals surface area contributed by atoms with E-state index < -0.39 is 0 Å². The summed E-state index contributed by atoms with van der Waals surface area (Å²) >= 11 is 11.8. The first-order valence-corrected chi connectivity index (χ1v) is 7.65. The van der Waals surface area contributed by atoms with Gasteiger partial charge in [0.1, 0.15) is 5.70 Å². The molecule has 1 aliphatic rings. The highest BCUT2D eigenvalue weighted by Crippen LogP contribution is 2.24. The van der Waals surface area contributed by atoms with E-state index in [4.69, 9.17) is 27.9 Å². The largest absolute Gasteiger partial charge is 0.462 e. The molecule has 0 atom stereocenters. The number of carbonyl (C=O) groups is 2. The zero-order chi connectivity index (χ0) is 16.3. The van der Waals surface area contributed by atoms with E-state index >= 15 is 0 Å². The van der Waals surface area contributed by atoms with Crippen molar-refractivity contribution in [2.45, 2.75) is 13.3 Å². The molecule has 1 amide bonds. The Labute approximate surface area is 138 Å². The van der Waals surface area contributed by atoms with Crippen LogP contribution in [0.4, 0.5) is 0 Å². The van der Waals surface area contributed by atoms with Gasteiger partial charge in [0.15, 0.2) is 0 Å². The predicted octanol–water partition coefficient (Wildman–Crippen LogP) is 1.90. The Kier molecular flexibility index (Phi) is 5.45. The number of hydrogen-bond donors (Lipinski definition) is 1. The molecule has 1 aromatic rings. The molecule has 5 nitrogen and oxygen atoms in total. The molecule has 3 N–H and O–H groups in total. The van der Waals surface area contributed by atoms with Crippen LogP contribution in [0.3, 0.4) is 0 Å². The van der Waals surface area contributed by atoms with Gasteiger partial charge in [-0.25, -0.2) is 4.79 Å². The zero-order valence-corrected chi connectivity index (χ0v) is 13.7. The smallest absolute Gasteiger partial charge is 0.339 e. The average molecular weight is 344 g/mol. The molecule has 22 heavy (non-hydrogen) atoms. The highest BCUT2D eigenvalue weighted by Gasteiger charge is 2.28.